The number of piperidine rings is 1. The number of nitrogens with zero attached hydrogens (tertiary/aromatic N) is 1. The Balaban J connectivity index is 2.00. The maximum absolute atomic E-state index is 11.6. The van der Waals surface area contributed by atoms with E-state index >= 15 is 0 Å². The summed E-state index contributed by atoms with van der Waals surface area (Å²) in [6, 6.07) is 0. The second kappa shape index (κ2) is 2.70. The molecule has 3 rings (SSSR count). The Morgan fingerprint density at radius 1 is 1.47 bits per heavy atom. The average Bonchev–Trinajstić information content (AvgIpc) is 2.52. The van der Waals surface area contributed by atoms with Crippen LogP contribution in [-0.4, -0.2) is 39.9 Å². The van der Waals surface area contributed by atoms with Crippen LogP contribution in [0.25, 0.3) is 0 Å². The van der Waals surface area contributed by atoms with E-state index in [0.29, 0.717) is 19.4 Å². The number of fused-ring (bicyclic) bond motifs is 1. The quantitative estimate of drug-likeness (QED) is 0.602. The van der Waals surface area contributed by atoms with Gasteiger partial charge in [-0.3, -0.25) is 9.59 Å². The Morgan fingerprint density at radius 3 is 3.07 bits per heavy atom. The number of carbonyl (C=O) groups is 2. The van der Waals surface area contributed by atoms with Crippen molar-refractivity contribution in [3.63, 3.8) is 0 Å². The molecule has 3 atom stereocenters. The molecule has 2 aliphatic heterocycles. The van der Waals surface area contributed by atoms with Crippen LogP contribution in [0, 0.1) is 5.92 Å². The smallest absolute Gasteiger partial charge is 0.247 e. The Labute approximate surface area is 87.6 Å². The van der Waals surface area contributed by atoms with Crippen molar-refractivity contribution in [3.8, 4) is 0 Å². The first-order chi connectivity index (χ1) is 7.12. The number of amides is 1. The van der Waals surface area contributed by atoms with Crippen LogP contribution >= 0.6 is 0 Å². The van der Waals surface area contributed by atoms with Crippen LogP contribution in [0.3, 0.4) is 0 Å². The molecule has 2 fully saturated rings. The number of carbonyl (C=O) groups excluding carboxylic acids is 2. The van der Waals surface area contributed by atoms with Gasteiger partial charge in [0.05, 0.1) is 11.6 Å². The summed E-state index contributed by atoms with van der Waals surface area (Å²) in [6.45, 7) is 0.308. The van der Waals surface area contributed by atoms with E-state index in [-0.39, 0.29) is 23.1 Å². The highest BCUT2D eigenvalue weighted by molar-refractivity contribution is 5.93. The third-order valence-electron chi connectivity index (χ3n) is 3.97. The molecule has 0 unspecified atom stereocenters. The minimum atomic E-state index is -0.672. The molecule has 15 heavy (non-hydrogen) atoms. The fourth-order valence-electron chi connectivity index (χ4n) is 3.08. The van der Waals surface area contributed by atoms with Crippen molar-refractivity contribution in [1.29, 1.82) is 0 Å². The zero-order valence-corrected chi connectivity index (χ0v) is 8.35. The van der Waals surface area contributed by atoms with Gasteiger partial charge < -0.3 is 10.0 Å². The van der Waals surface area contributed by atoms with Gasteiger partial charge in [0.2, 0.25) is 5.91 Å². The molecule has 2 bridgehead atoms. The third-order valence-corrected chi connectivity index (χ3v) is 3.97. The molecule has 80 valence electrons. The first-order valence-electron chi connectivity index (χ1n) is 5.34. The summed E-state index contributed by atoms with van der Waals surface area (Å²) in [5, 5.41) is 9.81. The zero-order chi connectivity index (χ0) is 10.6. The first-order valence-corrected chi connectivity index (χ1v) is 5.34. The molecule has 0 aromatic heterocycles. The number of aliphatic hydroxyl groups excluding tert-OH is 1. The van der Waals surface area contributed by atoms with Crippen LogP contribution < -0.4 is 0 Å². The molecule has 1 saturated carbocycles. The second-order valence-electron chi connectivity index (χ2n) is 4.73. The van der Waals surface area contributed by atoms with Crippen molar-refractivity contribution >= 4 is 11.7 Å². The van der Waals surface area contributed by atoms with Crippen molar-refractivity contribution < 1.29 is 14.7 Å². The minimum absolute atomic E-state index is 0.0261. The largest absolute Gasteiger partial charge is 0.391 e. The van der Waals surface area contributed by atoms with Gasteiger partial charge in [0.1, 0.15) is 5.78 Å². The number of ketones is 1. The summed E-state index contributed by atoms with van der Waals surface area (Å²) in [5.74, 6) is -0.132. The molecular formula is C11H13NO3. The van der Waals surface area contributed by atoms with Crippen molar-refractivity contribution in [2.45, 2.75) is 30.9 Å². The van der Waals surface area contributed by atoms with Crippen molar-refractivity contribution in [2.75, 3.05) is 6.54 Å². The molecule has 0 radical (unpaired) electrons. The monoisotopic (exact) mass is 207 g/mol. The highest BCUT2D eigenvalue weighted by atomic mass is 16.3. The highest BCUT2D eigenvalue weighted by Gasteiger charge is 2.53. The SMILES string of the molecule is O=C1CC[C@@]23C=CC(=O)N2C[C@H](O)[C@@H]1C3. The van der Waals surface area contributed by atoms with E-state index in [2.05, 4.69) is 0 Å². The predicted octanol–water partition coefficient (Wildman–Crippen LogP) is -0.133. The fourth-order valence-corrected chi connectivity index (χ4v) is 3.08. The lowest BCUT2D eigenvalue weighted by Crippen LogP contribution is -2.61. The summed E-state index contributed by atoms with van der Waals surface area (Å²) in [5.41, 5.74) is -0.255. The Bertz CT molecular complexity index is 376. The van der Waals surface area contributed by atoms with Gasteiger partial charge in [0.15, 0.2) is 0 Å². The van der Waals surface area contributed by atoms with Crippen LogP contribution in [0.5, 0.6) is 0 Å². The molecule has 1 N–H and O–H groups in total. The fraction of sp³-hybridized carbons (Fsp3) is 0.636. The van der Waals surface area contributed by atoms with Gasteiger partial charge >= 0.3 is 0 Å². The summed E-state index contributed by atoms with van der Waals surface area (Å²) >= 11 is 0. The summed E-state index contributed by atoms with van der Waals surface area (Å²) in [7, 11) is 0. The zero-order valence-electron chi connectivity index (χ0n) is 8.35. The molecule has 0 aromatic rings. The highest BCUT2D eigenvalue weighted by Crippen LogP contribution is 2.44. The molecule has 1 saturated heterocycles. The molecule has 0 aromatic carbocycles. The molecule has 1 amide bonds. The number of rotatable bonds is 0. The summed E-state index contributed by atoms with van der Waals surface area (Å²) in [6.07, 6.45) is 4.63. The number of hydrogen-bond donors (Lipinski definition) is 1. The van der Waals surface area contributed by atoms with E-state index < -0.39 is 6.10 Å². The van der Waals surface area contributed by atoms with Crippen molar-refractivity contribution in [2.24, 2.45) is 5.92 Å². The molecule has 3 aliphatic rings. The standard InChI is InChI=1S/C11H13NO3/c13-8-1-3-11-4-2-10(15)12(11)6-9(14)7(8)5-11/h2,4,7,9,14H,1,3,5-6H2/t7-,9+,11+/m1/s1. The molecule has 4 heteroatoms. The maximum Gasteiger partial charge on any atom is 0.247 e. The Kier molecular flexibility index (Phi) is 1.63. The van der Waals surface area contributed by atoms with E-state index in [1.54, 1.807) is 11.0 Å². The van der Waals surface area contributed by atoms with E-state index in [4.69, 9.17) is 0 Å². The normalized spacial score (nSPS) is 43.4. The van der Waals surface area contributed by atoms with Gasteiger partial charge in [-0.15, -0.1) is 0 Å². The average molecular weight is 207 g/mol. The van der Waals surface area contributed by atoms with Crippen LogP contribution in [0.4, 0.5) is 0 Å². The Hall–Kier alpha value is -1.16. The molecule has 4 nitrogen and oxygen atoms in total. The van der Waals surface area contributed by atoms with E-state index in [0.717, 1.165) is 6.42 Å². The number of hydrogen-bond acceptors (Lipinski definition) is 3. The topological polar surface area (TPSA) is 57.6 Å². The maximum atomic E-state index is 11.6. The van der Waals surface area contributed by atoms with Crippen molar-refractivity contribution in [3.05, 3.63) is 12.2 Å². The van der Waals surface area contributed by atoms with Crippen molar-refractivity contribution in [1.82, 2.24) is 4.90 Å². The van der Waals surface area contributed by atoms with Crippen LogP contribution in [-0.2, 0) is 9.59 Å². The Morgan fingerprint density at radius 2 is 2.27 bits per heavy atom. The summed E-state index contributed by atoms with van der Waals surface area (Å²) in [4.78, 5) is 24.9. The summed E-state index contributed by atoms with van der Waals surface area (Å²) < 4.78 is 0. The lowest BCUT2D eigenvalue weighted by Gasteiger charge is -2.49. The first kappa shape index (κ1) is 9.09. The van der Waals surface area contributed by atoms with Crippen LogP contribution in [0.1, 0.15) is 19.3 Å². The number of aliphatic hydroxyl groups is 1. The van der Waals surface area contributed by atoms with Gasteiger partial charge in [0.25, 0.3) is 0 Å². The van der Waals surface area contributed by atoms with Crippen LogP contribution in [0.15, 0.2) is 12.2 Å². The minimum Gasteiger partial charge on any atom is -0.391 e. The lowest BCUT2D eigenvalue weighted by atomic mass is 9.69. The third kappa shape index (κ3) is 1.05. The molecule has 1 spiro atoms. The number of Topliss-reactive ketones (excluding diaryl/α,β-unsaturated/α-hetero) is 1. The van der Waals surface area contributed by atoms with Gasteiger partial charge in [-0.05, 0) is 12.8 Å². The van der Waals surface area contributed by atoms with E-state index in [1.165, 1.54) is 0 Å². The van der Waals surface area contributed by atoms with E-state index in [9.17, 15) is 14.7 Å². The van der Waals surface area contributed by atoms with E-state index in [1.807, 2.05) is 6.08 Å². The van der Waals surface area contributed by atoms with Gasteiger partial charge in [-0.1, -0.05) is 6.08 Å². The predicted molar refractivity (Wildman–Crippen MR) is 51.9 cm³/mol. The number of β-amino-alcohol motifs (C(OH)–C–C–N with tert-alkyl or cyclic N) is 1. The van der Waals surface area contributed by atoms with Gasteiger partial charge in [0, 0.05) is 25.0 Å². The molecule has 2 heterocycles. The van der Waals surface area contributed by atoms with Crippen LogP contribution in [0.2, 0.25) is 0 Å². The van der Waals surface area contributed by atoms with Gasteiger partial charge in [-0.2, -0.15) is 0 Å². The second-order valence-corrected chi connectivity index (χ2v) is 4.73. The molecule has 1 aliphatic carbocycles. The lowest BCUT2D eigenvalue weighted by molar-refractivity contribution is -0.149. The van der Waals surface area contributed by atoms with Gasteiger partial charge in [-0.25, -0.2) is 0 Å². The molecular weight excluding hydrogens is 194 g/mol.